The molecule has 0 spiro atoms. The Morgan fingerprint density at radius 1 is 0.667 bits per heavy atom. The topological polar surface area (TPSA) is 61.8 Å². The lowest BCUT2D eigenvalue weighted by atomic mass is 10.0. The van der Waals surface area contributed by atoms with Gasteiger partial charge in [-0.05, 0) is 74.6 Å². The van der Waals surface area contributed by atoms with E-state index >= 15 is 0 Å². The number of ether oxygens (including phenoxy) is 3. The van der Waals surface area contributed by atoms with E-state index in [1.165, 1.54) is 17.7 Å². The van der Waals surface area contributed by atoms with E-state index < -0.39 is 0 Å². The first kappa shape index (κ1) is 27.7. The fraction of sp³-hybridized carbons (Fsp3) is 0.357. The quantitative estimate of drug-likeness (QED) is 0.341. The van der Waals surface area contributed by atoms with Crippen molar-refractivity contribution in [2.75, 3.05) is 7.11 Å². The van der Waals surface area contributed by atoms with Crippen LogP contribution in [0.4, 0.5) is 0 Å². The third-order valence-electron chi connectivity index (χ3n) is 4.25. The van der Waals surface area contributed by atoms with Crippen LogP contribution in [-0.4, -0.2) is 31.3 Å². The van der Waals surface area contributed by atoms with Gasteiger partial charge in [0.05, 0.1) is 19.3 Å². The molecule has 0 saturated carbocycles. The number of hydrogen-bond donors (Lipinski definition) is 0. The molecule has 0 fully saturated rings. The Kier molecular flexibility index (Phi) is 12.3. The van der Waals surface area contributed by atoms with Crippen LogP contribution in [0.2, 0.25) is 0 Å². The Morgan fingerprint density at radius 2 is 1.06 bits per heavy atom. The van der Waals surface area contributed by atoms with Crippen LogP contribution < -0.4 is 4.74 Å². The number of rotatable bonds is 8. The van der Waals surface area contributed by atoms with Crippen molar-refractivity contribution in [1.29, 1.82) is 0 Å². The summed E-state index contributed by atoms with van der Waals surface area (Å²) < 4.78 is 15.0. The molecular weight excluding hydrogens is 416 g/mol. The number of benzene rings is 2. The molecule has 2 aromatic rings. The van der Waals surface area contributed by atoms with Gasteiger partial charge >= 0.3 is 11.9 Å². The van der Waals surface area contributed by atoms with Gasteiger partial charge < -0.3 is 14.2 Å². The highest BCUT2D eigenvalue weighted by Crippen LogP contribution is 2.15. The second kappa shape index (κ2) is 14.7. The SMILES string of the molecule is CC(C)OC(=O)C=Cc1ccc(C(C)C)cc1.COc1ccc(C=CC(=O)OC(C)C)cc1. The van der Waals surface area contributed by atoms with E-state index in [0.717, 1.165) is 16.9 Å². The Morgan fingerprint density at radius 3 is 1.39 bits per heavy atom. The first-order valence-corrected chi connectivity index (χ1v) is 11.1. The van der Waals surface area contributed by atoms with E-state index in [4.69, 9.17) is 14.2 Å². The molecule has 0 aliphatic heterocycles. The van der Waals surface area contributed by atoms with Crippen LogP contribution in [0.5, 0.6) is 5.75 Å². The molecule has 0 radical (unpaired) electrons. The zero-order chi connectivity index (χ0) is 24.8. The molecular formula is C28H36O5. The molecule has 0 heterocycles. The zero-order valence-electron chi connectivity index (χ0n) is 20.7. The Hall–Kier alpha value is -3.34. The molecule has 0 unspecified atom stereocenters. The van der Waals surface area contributed by atoms with Crippen LogP contribution in [0.25, 0.3) is 12.2 Å². The monoisotopic (exact) mass is 452 g/mol. The van der Waals surface area contributed by atoms with Crippen LogP contribution in [-0.2, 0) is 19.1 Å². The molecule has 0 amide bonds. The summed E-state index contributed by atoms with van der Waals surface area (Å²) in [4.78, 5) is 22.5. The lowest BCUT2D eigenvalue weighted by Crippen LogP contribution is -2.08. The van der Waals surface area contributed by atoms with Gasteiger partial charge in [-0.1, -0.05) is 50.2 Å². The fourth-order valence-corrected chi connectivity index (χ4v) is 2.58. The molecule has 0 N–H and O–H groups in total. The minimum Gasteiger partial charge on any atom is -0.497 e. The van der Waals surface area contributed by atoms with Crippen molar-refractivity contribution in [3.63, 3.8) is 0 Å². The third kappa shape index (κ3) is 12.3. The summed E-state index contributed by atoms with van der Waals surface area (Å²) in [5.74, 6) is 0.694. The standard InChI is InChI=1S/C15H20O2.C13H16O3/c1-11(2)14-8-5-13(6-9-14)7-10-15(16)17-12(3)4;1-10(2)16-13(14)9-6-11-4-7-12(15-3)8-5-11/h5-12H,1-4H3;4-10H,1-3H3. The normalized spacial score (nSPS) is 11.1. The van der Waals surface area contributed by atoms with Crippen molar-refractivity contribution in [1.82, 2.24) is 0 Å². The minimum atomic E-state index is -0.328. The summed E-state index contributed by atoms with van der Waals surface area (Å²) in [6.45, 7) is 11.6. The van der Waals surface area contributed by atoms with Gasteiger partial charge in [0.2, 0.25) is 0 Å². The van der Waals surface area contributed by atoms with Crippen molar-refractivity contribution in [2.45, 2.75) is 59.7 Å². The smallest absolute Gasteiger partial charge is 0.331 e. The first-order chi connectivity index (χ1) is 15.6. The highest BCUT2D eigenvalue weighted by Gasteiger charge is 2.01. The average molecular weight is 453 g/mol. The number of methoxy groups -OCH3 is 1. The lowest BCUT2D eigenvalue weighted by Gasteiger charge is -2.05. The Balaban J connectivity index is 0.000000331. The van der Waals surface area contributed by atoms with Crippen molar-refractivity contribution in [2.24, 2.45) is 0 Å². The molecule has 33 heavy (non-hydrogen) atoms. The summed E-state index contributed by atoms with van der Waals surface area (Å²) in [5.41, 5.74) is 3.24. The largest absolute Gasteiger partial charge is 0.497 e. The van der Waals surface area contributed by atoms with Crippen molar-refractivity contribution in [3.8, 4) is 5.75 Å². The van der Waals surface area contributed by atoms with Crippen LogP contribution in [0.15, 0.2) is 60.7 Å². The van der Waals surface area contributed by atoms with Gasteiger partial charge in [-0.15, -0.1) is 0 Å². The molecule has 0 aliphatic carbocycles. The van der Waals surface area contributed by atoms with Gasteiger partial charge in [0.15, 0.2) is 0 Å². The maximum atomic E-state index is 11.3. The van der Waals surface area contributed by atoms with Gasteiger partial charge in [0.25, 0.3) is 0 Å². The van der Waals surface area contributed by atoms with E-state index in [2.05, 4.69) is 26.0 Å². The molecule has 0 aromatic heterocycles. The van der Waals surface area contributed by atoms with Crippen LogP contribution >= 0.6 is 0 Å². The molecule has 5 heteroatoms. The van der Waals surface area contributed by atoms with Crippen LogP contribution in [0.1, 0.15) is 64.2 Å². The summed E-state index contributed by atoms with van der Waals surface area (Å²) in [6.07, 6.45) is 6.20. The number of carbonyl (C=O) groups excluding carboxylic acids is 2. The molecule has 5 nitrogen and oxygen atoms in total. The molecule has 2 aromatic carbocycles. The fourth-order valence-electron chi connectivity index (χ4n) is 2.58. The number of esters is 2. The van der Waals surface area contributed by atoms with Gasteiger partial charge in [0, 0.05) is 12.2 Å². The molecule has 2 rings (SSSR count). The first-order valence-electron chi connectivity index (χ1n) is 11.1. The van der Waals surface area contributed by atoms with Crippen molar-refractivity contribution in [3.05, 3.63) is 77.4 Å². The molecule has 0 atom stereocenters. The predicted octanol–water partition coefficient (Wildman–Crippen LogP) is 6.43. The van der Waals surface area contributed by atoms with E-state index in [-0.39, 0.29) is 24.1 Å². The number of carbonyl (C=O) groups is 2. The second-order valence-corrected chi connectivity index (χ2v) is 8.23. The molecule has 0 bridgehead atoms. The zero-order valence-corrected chi connectivity index (χ0v) is 20.7. The second-order valence-electron chi connectivity index (χ2n) is 8.23. The molecule has 0 aliphatic rings. The Bertz CT molecular complexity index is 904. The lowest BCUT2D eigenvalue weighted by molar-refractivity contribution is -0.142. The van der Waals surface area contributed by atoms with E-state index in [1.807, 2.05) is 64.1 Å². The maximum Gasteiger partial charge on any atom is 0.331 e. The van der Waals surface area contributed by atoms with Gasteiger partial charge in [-0.2, -0.15) is 0 Å². The summed E-state index contributed by atoms with van der Waals surface area (Å²) in [7, 11) is 1.62. The van der Waals surface area contributed by atoms with E-state index in [9.17, 15) is 9.59 Å². The van der Waals surface area contributed by atoms with Crippen molar-refractivity contribution < 1.29 is 23.8 Å². The predicted molar refractivity (Wildman–Crippen MR) is 134 cm³/mol. The van der Waals surface area contributed by atoms with E-state index in [0.29, 0.717) is 5.92 Å². The summed E-state index contributed by atoms with van der Waals surface area (Å²) in [6, 6.07) is 15.6. The molecule has 0 saturated heterocycles. The Labute approximate surface area is 198 Å². The van der Waals surface area contributed by atoms with Crippen LogP contribution in [0, 0.1) is 0 Å². The van der Waals surface area contributed by atoms with Gasteiger partial charge in [0.1, 0.15) is 5.75 Å². The van der Waals surface area contributed by atoms with E-state index in [1.54, 1.807) is 19.3 Å². The summed E-state index contributed by atoms with van der Waals surface area (Å²) in [5, 5.41) is 0. The van der Waals surface area contributed by atoms with Crippen molar-refractivity contribution >= 4 is 24.1 Å². The van der Waals surface area contributed by atoms with Crippen LogP contribution in [0.3, 0.4) is 0 Å². The maximum absolute atomic E-state index is 11.3. The average Bonchev–Trinajstić information content (AvgIpc) is 2.76. The highest BCUT2D eigenvalue weighted by molar-refractivity contribution is 5.87. The molecule has 178 valence electrons. The third-order valence-corrected chi connectivity index (χ3v) is 4.25. The van der Waals surface area contributed by atoms with Gasteiger partial charge in [-0.3, -0.25) is 0 Å². The number of hydrogen-bond acceptors (Lipinski definition) is 5. The minimum absolute atomic E-state index is 0.0736. The highest BCUT2D eigenvalue weighted by atomic mass is 16.5. The van der Waals surface area contributed by atoms with Gasteiger partial charge in [-0.25, -0.2) is 9.59 Å². The summed E-state index contributed by atoms with van der Waals surface area (Å²) >= 11 is 0.